The standard InChI is InChI=1S/C20H32N2O5S/c1-15(20(23)21-16-10-8-6-5-7-9-11-16)22(28(4,24)25)17-12-13-18(26-2)19(14-17)27-3/h12-16H,5-11H2,1-4H3,(H,21,23)/t15-/m0/s1. The van der Waals surface area contributed by atoms with Gasteiger partial charge in [0.15, 0.2) is 11.5 Å². The molecule has 0 aromatic heterocycles. The van der Waals surface area contributed by atoms with Gasteiger partial charge in [-0.25, -0.2) is 8.42 Å². The first-order chi connectivity index (χ1) is 13.3. The van der Waals surface area contributed by atoms with Gasteiger partial charge in [0.1, 0.15) is 6.04 Å². The quantitative estimate of drug-likeness (QED) is 0.744. The highest BCUT2D eigenvalue weighted by atomic mass is 32.2. The summed E-state index contributed by atoms with van der Waals surface area (Å²) in [5.41, 5.74) is 0.362. The van der Waals surface area contributed by atoms with Crippen LogP contribution in [0, 0.1) is 0 Å². The molecule has 1 N–H and O–H groups in total. The van der Waals surface area contributed by atoms with Crippen LogP contribution in [0.3, 0.4) is 0 Å². The minimum Gasteiger partial charge on any atom is -0.493 e. The van der Waals surface area contributed by atoms with Crippen molar-refractivity contribution in [1.82, 2.24) is 5.32 Å². The third-order valence-corrected chi connectivity index (χ3v) is 6.40. The van der Waals surface area contributed by atoms with Gasteiger partial charge >= 0.3 is 0 Å². The Morgan fingerprint density at radius 1 is 1.07 bits per heavy atom. The molecule has 0 spiro atoms. The predicted molar refractivity (Wildman–Crippen MR) is 111 cm³/mol. The second-order valence-electron chi connectivity index (χ2n) is 7.32. The second-order valence-corrected chi connectivity index (χ2v) is 9.18. The number of amides is 1. The number of nitrogens with one attached hydrogen (secondary N) is 1. The highest BCUT2D eigenvalue weighted by molar-refractivity contribution is 7.92. The van der Waals surface area contributed by atoms with Crippen molar-refractivity contribution in [2.45, 2.75) is 64.0 Å². The van der Waals surface area contributed by atoms with E-state index < -0.39 is 16.1 Å². The van der Waals surface area contributed by atoms with E-state index in [4.69, 9.17) is 9.47 Å². The molecular formula is C20H32N2O5S. The van der Waals surface area contributed by atoms with E-state index in [0.717, 1.165) is 36.2 Å². The lowest BCUT2D eigenvalue weighted by Crippen LogP contribution is -2.50. The number of hydrogen-bond acceptors (Lipinski definition) is 5. The number of anilines is 1. The smallest absolute Gasteiger partial charge is 0.243 e. The van der Waals surface area contributed by atoms with Crippen molar-refractivity contribution in [3.05, 3.63) is 18.2 Å². The summed E-state index contributed by atoms with van der Waals surface area (Å²) in [4.78, 5) is 12.9. The summed E-state index contributed by atoms with van der Waals surface area (Å²) in [5.74, 6) is 0.610. The van der Waals surface area contributed by atoms with Gasteiger partial charge in [-0.15, -0.1) is 0 Å². The Morgan fingerprint density at radius 3 is 2.18 bits per heavy atom. The number of methoxy groups -OCH3 is 2. The average molecular weight is 413 g/mol. The molecular weight excluding hydrogens is 380 g/mol. The molecule has 1 amide bonds. The topological polar surface area (TPSA) is 84.9 Å². The summed E-state index contributed by atoms with van der Waals surface area (Å²) in [6.07, 6.45) is 8.77. The molecule has 0 heterocycles. The van der Waals surface area contributed by atoms with Gasteiger partial charge in [-0.1, -0.05) is 32.1 Å². The molecule has 1 aromatic carbocycles. The number of nitrogens with zero attached hydrogens (tertiary/aromatic N) is 1. The van der Waals surface area contributed by atoms with Crippen molar-refractivity contribution in [1.29, 1.82) is 0 Å². The molecule has 158 valence electrons. The minimum atomic E-state index is -3.68. The van der Waals surface area contributed by atoms with Crippen molar-refractivity contribution < 1.29 is 22.7 Å². The third kappa shape index (κ3) is 5.77. The number of carbonyl (C=O) groups excluding carboxylic acids is 1. The molecule has 8 heteroatoms. The van der Waals surface area contributed by atoms with Gasteiger partial charge in [0, 0.05) is 12.1 Å². The van der Waals surface area contributed by atoms with E-state index >= 15 is 0 Å². The lowest BCUT2D eigenvalue weighted by atomic mass is 9.96. The first kappa shape index (κ1) is 22.3. The molecule has 1 saturated carbocycles. The molecule has 1 atom stereocenters. The first-order valence-corrected chi connectivity index (χ1v) is 11.6. The number of ether oxygens (including phenoxy) is 2. The molecule has 1 aromatic rings. The van der Waals surface area contributed by atoms with E-state index in [0.29, 0.717) is 17.2 Å². The molecule has 0 aliphatic heterocycles. The van der Waals surface area contributed by atoms with E-state index in [1.54, 1.807) is 25.1 Å². The molecule has 2 rings (SSSR count). The van der Waals surface area contributed by atoms with Crippen LogP contribution < -0.4 is 19.1 Å². The van der Waals surface area contributed by atoms with Gasteiger partial charge in [-0.05, 0) is 31.9 Å². The van der Waals surface area contributed by atoms with Gasteiger partial charge in [0.25, 0.3) is 0 Å². The van der Waals surface area contributed by atoms with E-state index in [-0.39, 0.29) is 11.9 Å². The third-order valence-electron chi connectivity index (χ3n) is 5.16. The average Bonchev–Trinajstić information content (AvgIpc) is 2.62. The fraction of sp³-hybridized carbons (Fsp3) is 0.650. The Hall–Kier alpha value is -1.96. The molecule has 0 unspecified atom stereocenters. The molecule has 0 bridgehead atoms. The lowest BCUT2D eigenvalue weighted by Gasteiger charge is -2.30. The summed E-state index contributed by atoms with van der Waals surface area (Å²) in [5, 5.41) is 3.06. The van der Waals surface area contributed by atoms with Gasteiger partial charge < -0.3 is 14.8 Å². The molecule has 7 nitrogen and oxygen atoms in total. The van der Waals surface area contributed by atoms with Crippen LogP contribution >= 0.6 is 0 Å². The van der Waals surface area contributed by atoms with Crippen LogP contribution in [0.5, 0.6) is 11.5 Å². The number of sulfonamides is 1. The molecule has 1 aliphatic rings. The number of carbonyl (C=O) groups is 1. The van der Waals surface area contributed by atoms with Crippen LogP contribution in [0.2, 0.25) is 0 Å². The van der Waals surface area contributed by atoms with Gasteiger partial charge in [0.2, 0.25) is 15.9 Å². The van der Waals surface area contributed by atoms with Crippen LogP contribution in [0.15, 0.2) is 18.2 Å². The monoisotopic (exact) mass is 412 g/mol. The van der Waals surface area contributed by atoms with Crippen molar-refractivity contribution in [3.8, 4) is 11.5 Å². The highest BCUT2D eigenvalue weighted by Gasteiger charge is 2.31. The first-order valence-electron chi connectivity index (χ1n) is 9.79. The Kier molecular flexibility index (Phi) is 7.98. The van der Waals surface area contributed by atoms with E-state index in [9.17, 15) is 13.2 Å². The number of hydrogen-bond donors (Lipinski definition) is 1. The highest BCUT2D eigenvalue weighted by Crippen LogP contribution is 2.33. The van der Waals surface area contributed by atoms with E-state index in [1.807, 2.05) is 0 Å². The molecule has 0 radical (unpaired) electrons. The minimum absolute atomic E-state index is 0.0991. The molecule has 28 heavy (non-hydrogen) atoms. The lowest BCUT2D eigenvalue weighted by molar-refractivity contribution is -0.122. The van der Waals surface area contributed by atoms with E-state index in [2.05, 4.69) is 5.32 Å². The maximum absolute atomic E-state index is 12.9. The number of benzene rings is 1. The zero-order valence-corrected chi connectivity index (χ0v) is 18.0. The van der Waals surface area contributed by atoms with Crippen LogP contribution in [0.4, 0.5) is 5.69 Å². The van der Waals surface area contributed by atoms with Crippen LogP contribution in [0.1, 0.15) is 51.9 Å². The normalized spacial score (nSPS) is 17.1. The Balaban J connectivity index is 2.23. The van der Waals surface area contributed by atoms with Crippen LogP contribution in [0.25, 0.3) is 0 Å². The molecule has 1 aliphatic carbocycles. The maximum atomic E-state index is 12.9. The summed E-state index contributed by atoms with van der Waals surface area (Å²) < 4.78 is 36.6. The zero-order chi connectivity index (χ0) is 20.7. The van der Waals surface area contributed by atoms with E-state index in [1.165, 1.54) is 33.5 Å². The molecule has 1 fully saturated rings. The Bertz CT molecular complexity index is 758. The van der Waals surface area contributed by atoms with Crippen molar-refractivity contribution in [2.24, 2.45) is 0 Å². The predicted octanol–water partition coefficient (Wildman–Crippen LogP) is 3.09. The van der Waals surface area contributed by atoms with Crippen LogP contribution in [-0.4, -0.2) is 46.9 Å². The van der Waals surface area contributed by atoms with Gasteiger partial charge in [-0.3, -0.25) is 9.10 Å². The number of rotatable bonds is 7. The summed E-state index contributed by atoms with van der Waals surface area (Å²) in [7, 11) is -0.690. The SMILES string of the molecule is COc1ccc(N([C@@H](C)C(=O)NC2CCCCCCC2)S(C)(=O)=O)cc1OC. The second kappa shape index (κ2) is 10.0. The van der Waals surface area contributed by atoms with Gasteiger partial charge in [-0.2, -0.15) is 0 Å². The summed E-state index contributed by atoms with van der Waals surface area (Å²) in [6, 6.07) is 4.04. The molecule has 0 saturated heterocycles. The van der Waals surface area contributed by atoms with Crippen molar-refractivity contribution in [2.75, 3.05) is 24.8 Å². The fourth-order valence-electron chi connectivity index (χ4n) is 3.69. The van der Waals surface area contributed by atoms with Gasteiger partial charge in [0.05, 0.1) is 26.2 Å². The fourth-order valence-corrected chi connectivity index (χ4v) is 4.86. The summed E-state index contributed by atoms with van der Waals surface area (Å²) >= 11 is 0. The zero-order valence-electron chi connectivity index (χ0n) is 17.2. The summed E-state index contributed by atoms with van der Waals surface area (Å²) in [6.45, 7) is 1.61. The Morgan fingerprint density at radius 2 is 1.64 bits per heavy atom. The van der Waals surface area contributed by atoms with Crippen molar-refractivity contribution >= 4 is 21.6 Å². The van der Waals surface area contributed by atoms with Crippen molar-refractivity contribution in [3.63, 3.8) is 0 Å². The van der Waals surface area contributed by atoms with Crippen LogP contribution in [-0.2, 0) is 14.8 Å². The maximum Gasteiger partial charge on any atom is 0.243 e. The Labute approximate surface area is 168 Å². The largest absolute Gasteiger partial charge is 0.493 e.